The van der Waals surface area contributed by atoms with E-state index in [9.17, 15) is 14.4 Å². The number of nitrogens with zero attached hydrogens (tertiary/aromatic N) is 1. The van der Waals surface area contributed by atoms with E-state index < -0.39 is 0 Å². The van der Waals surface area contributed by atoms with Crippen molar-refractivity contribution in [2.75, 3.05) is 7.11 Å². The highest BCUT2D eigenvalue weighted by molar-refractivity contribution is 5.68. The molecular weight excluding hydrogens is 224 g/mol. The maximum atomic E-state index is 11.8. The number of ether oxygens (including phenoxy) is 1. The molecule has 0 saturated heterocycles. The Balaban J connectivity index is 2.83. The quantitative estimate of drug-likeness (QED) is 0.757. The third-order valence-corrected chi connectivity index (χ3v) is 2.70. The minimum absolute atomic E-state index is 0.220. The van der Waals surface area contributed by atoms with E-state index in [1.54, 1.807) is 13.8 Å². The minimum Gasteiger partial charge on any atom is -0.469 e. The Labute approximate surface area is 98.2 Å². The number of rotatable bonds is 4. The number of aromatic nitrogens is 2. The molecular formula is C11H16N2O4. The van der Waals surface area contributed by atoms with E-state index in [0.29, 0.717) is 24.1 Å². The SMILES string of the molecule is COC(=O)CCCn1[nH]c(=O)c(C)c(C)c1=O. The van der Waals surface area contributed by atoms with Gasteiger partial charge >= 0.3 is 5.97 Å². The standard InChI is InChI=1S/C11H16N2O4/c1-7-8(2)11(16)13(12-10(7)15)6-4-5-9(14)17-3/h4-6H2,1-3H3,(H,12,15). The summed E-state index contributed by atoms with van der Waals surface area (Å²) in [6.07, 6.45) is 0.670. The number of nitrogens with one attached hydrogen (secondary N) is 1. The summed E-state index contributed by atoms with van der Waals surface area (Å²) in [6.45, 7) is 3.52. The molecule has 1 aromatic rings. The summed E-state index contributed by atoms with van der Waals surface area (Å²) < 4.78 is 5.72. The van der Waals surface area contributed by atoms with Crippen LogP contribution in [0.25, 0.3) is 0 Å². The molecule has 0 amide bonds. The fraction of sp³-hybridized carbons (Fsp3) is 0.545. The normalized spacial score (nSPS) is 10.3. The predicted octanol–water partition coefficient (Wildman–Crippen LogP) is 0.107. The van der Waals surface area contributed by atoms with Crippen molar-refractivity contribution in [3.63, 3.8) is 0 Å². The smallest absolute Gasteiger partial charge is 0.305 e. The summed E-state index contributed by atoms with van der Waals surface area (Å²) in [5, 5.41) is 2.47. The molecule has 0 aliphatic carbocycles. The van der Waals surface area contributed by atoms with Gasteiger partial charge in [0.05, 0.1) is 7.11 Å². The number of esters is 1. The Bertz CT molecular complexity index is 527. The van der Waals surface area contributed by atoms with Crippen molar-refractivity contribution < 1.29 is 9.53 Å². The molecule has 1 N–H and O–H groups in total. The number of hydrogen-bond donors (Lipinski definition) is 1. The number of aromatic amines is 1. The first-order chi connectivity index (χ1) is 7.97. The van der Waals surface area contributed by atoms with Gasteiger partial charge < -0.3 is 4.74 Å². The van der Waals surface area contributed by atoms with Gasteiger partial charge in [-0.25, -0.2) is 0 Å². The molecule has 0 atom stereocenters. The van der Waals surface area contributed by atoms with E-state index in [1.807, 2.05) is 0 Å². The van der Waals surface area contributed by atoms with Gasteiger partial charge in [-0.15, -0.1) is 0 Å². The van der Waals surface area contributed by atoms with E-state index in [0.717, 1.165) is 0 Å². The van der Waals surface area contributed by atoms with Crippen molar-refractivity contribution in [1.29, 1.82) is 0 Å². The third-order valence-electron chi connectivity index (χ3n) is 2.70. The lowest BCUT2D eigenvalue weighted by Gasteiger charge is -2.07. The molecule has 6 nitrogen and oxygen atoms in total. The first kappa shape index (κ1) is 13.2. The van der Waals surface area contributed by atoms with Gasteiger partial charge in [-0.2, -0.15) is 0 Å². The maximum Gasteiger partial charge on any atom is 0.305 e. The van der Waals surface area contributed by atoms with E-state index in [-0.39, 0.29) is 23.5 Å². The number of carbonyl (C=O) groups is 1. The molecule has 0 aliphatic heterocycles. The predicted molar refractivity (Wildman–Crippen MR) is 62.0 cm³/mol. The van der Waals surface area contributed by atoms with Crippen molar-refractivity contribution in [2.24, 2.45) is 0 Å². The molecule has 17 heavy (non-hydrogen) atoms. The fourth-order valence-corrected chi connectivity index (χ4v) is 1.43. The molecule has 0 aromatic carbocycles. The molecule has 0 fully saturated rings. The van der Waals surface area contributed by atoms with Gasteiger partial charge in [0.15, 0.2) is 0 Å². The van der Waals surface area contributed by atoms with E-state index >= 15 is 0 Å². The van der Waals surface area contributed by atoms with Gasteiger partial charge in [-0.1, -0.05) is 0 Å². The molecule has 0 aliphatic rings. The zero-order valence-electron chi connectivity index (χ0n) is 10.2. The summed E-state index contributed by atoms with van der Waals surface area (Å²) in [7, 11) is 1.31. The Hall–Kier alpha value is -1.85. The largest absolute Gasteiger partial charge is 0.469 e. The molecule has 1 rings (SSSR count). The highest BCUT2D eigenvalue weighted by Crippen LogP contribution is 1.95. The lowest BCUT2D eigenvalue weighted by Crippen LogP contribution is -2.33. The van der Waals surface area contributed by atoms with Crippen LogP contribution in [0.15, 0.2) is 9.59 Å². The highest BCUT2D eigenvalue weighted by Gasteiger charge is 2.07. The number of aryl methyl sites for hydroxylation is 1. The van der Waals surface area contributed by atoms with Crippen LogP contribution in [0.4, 0.5) is 0 Å². The van der Waals surface area contributed by atoms with Crippen LogP contribution in [0.2, 0.25) is 0 Å². The van der Waals surface area contributed by atoms with Crippen LogP contribution >= 0.6 is 0 Å². The van der Waals surface area contributed by atoms with Gasteiger partial charge in [-0.3, -0.25) is 24.2 Å². The second-order valence-electron chi connectivity index (χ2n) is 3.83. The van der Waals surface area contributed by atoms with E-state index in [1.165, 1.54) is 11.8 Å². The topological polar surface area (TPSA) is 81.2 Å². The summed E-state index contributed by atoms with van der Waals surface area (Å²) >= 11 is 0. The first-order valence-corrected chi connectivity index (χ1v) is 5.34. The number of hydrogen-bond acceptors (Lipinski definition) is 4. The molecule has 0 bridgehead atoms. The van der Waals surface area contributed by atoms with Crippen molar-refractivity contribution in [3.8, 4) is 0 Å². The Kier molecular flexibility index (Phi) is 4.25. The van der Waals surface area contributed by atoms with Gasteiger partial charge in [-0.05, 0) is 20.3 Å². The highest BCUT2D eigenvalue weighted by atomic mass is 16.5. The maximum absolute atomic E-state index is 11.8. The van der Waals surface area contributed by atoms with Gasteiger partial charge in [0.25, 0.3) is 11.1 Å². The number of methoxy groups -OCH3 is 1. The second kappa shape index (κ2) is 5.47. The van der Waals surface area contributed by atoms with Crippen LogP contribution in [0.5, 0.6) is 0 Å². The van der Waals surface area contributed by atoms with Gasteiger partial charge in [0.2, 0.25) is 0 Å². The fourth-order valence-electron chi connectivity index (χ4n) is 1.43. The molecule has 1 heterocycles. The van der Waals surface area contributed by atoms with Crippen molar-refractivity contribution >= 4 is 5.97 Å². The van der Waals surface area contributed by atoms with Crippen LogP contribution < -0.4 is 11.1 Å². The lowest BCUT2D eigenvalue weighted by molar-refractivity contribution is -0.140. The number of H-pyrrole nitrogens is 1. The van der Waals surface area contributed by atoms with Crippen molar-refractivity contribution in [1.82, 2.24) is 9.78 Å². The van der Waals surface area contributed by atoms with Crippen LogP contribution in [-0.4, -0.2) is 22.9 Å². The number of carbonyl (C=O) groups excluding carboxylic acids is 1. The summed E-state index contributed by atoms with van der Waals surface area (Å²) in [6, 6.07) is 0. The minimum atomic E-state index is -0.329. The average molecular weight is 240 g/mol. The average Bonchev–Trinajstić information content (AvgIpc) is 2.32. The molecule has 6 heteroatoms. The molecule has 0 saturated carbocycles. The molecule has 0 radical (unpaired) electrons. The van der Waals surface area contributed by atoms with Crippen LogP contribution in [0.3, 0.4) is 0 Å². The van der Waals surface area contributed by atoms with Gasteiger partial charge in [0, 0.05) is 24.1 Å². The molecule has 94 valence electrons. The lowest BCUT2D eigenvalue weighted by atomic mass is 10.2. The zero-order chi connectivity index (χ0) is 13.0. The Morgan fingerprint density at radius 2 is 1.94 bits per heavy atom. The Morgan fingerprint density at radius 3 is 2.53 bits per heavy atom. The summed E-state index contributed by atoms with van der Waals surface area (Å²) in [4.78, 5) is 34.1. The second-order valence-corrected chi connectivity index (χ2v) is 3.83. The van der Waals surface area contributed by atoms with Crippen LogP contribution in [-0.2, 0) is 16.1 Å². The first-order valence-electron chi connectivity index (χ1n) is 5.34. The Morgan fingerprint density at radius 1 is 1.29 bits per heavy atom. The summed E-state index contributed by atoms with van der Waals surface area (Å²) in [5.41, 5.74) is 0.359. The third kappa shape index (κ3) is 3.05. The summed E-state index contributed by atoms with van der Waals surface area (Å²) in [5.74, 6) is -0.329. The van der Waals surface area contributed by atoms with E-state index in [2.05, 4.69) is 9.84 Å². The van der Waals surface area contributed by atoms with Crippen molar-refractivity contribution in [2.45, 2.75) is 33.2 Å². The molecule has 0 unspecified atom stereocenters. The zero-order valence-corrected chi connectivity index (χ0v) is 10.2. The monoisotopic (exact) mass is 240 g/mol. The van der Waals surface area contributed by atoms with Gasteiger partial charge in [0.1, 0.15) is 0 Å². The van der Waals surface area contributed by atoms with Crippen molar-refractivity contribution in [3.05, 3.63) is 31.8 Å². The van der Waals surface area contributed by atoms with Crippen LogP contribution in [0.1, 0.15) is 24.0 Å². The van der Waals surface area contributed by atoms with Crippen LogP contribution in [0, 0.1) is 13.8 Å². The molecule has 1 aromatic heterocycles. The molecule has 0 spiro atoms. The van der Waals surface area contributed by atoms with E-state index in [4.69, 9.17) is 0 Å².